The van der Waals surface area contributed by atoms with Crippen LogP contribution in [-0.2, 0) is 17.8 Å². The molecule has 2 aromatic rings. The molecule has 5 heteroatoms. The van der Waals surface area contributed by atoms with Crippen molar-refractivity contribution in [2.45, 2.75) is 45.8 Å². The molecule has 1 aromatic carbocycles. The van der Waals surface area contributed by atoms with E-state index in [1.807, 2.05) is 35.9 Å². The van der Waals surface area contributed by atoms with Crippen LogP contribution >= 0.6 is 0 Å². The van der Waals surface area contributed by atoms with Crippen molar-refractivity contribution in [1.82, 2.24) is 14.9 Å². The number of imidazole rings is 1. The van der Waals surface area contributed by atoms with Gasteiger partial charge in [0.2, 0.25) is 5.91 Å². The van der Waals surface area contributed by atoms with Crippen LogP contribution in [0.3, 0.4) is 0 Å². The normalized spacial score (nSPS) is 13.8. The molecule has 0 aliphatic heterocycles. The molecular formula is C18H26N4O. The van der Waals surface area contributed by atoms with Crippen molar-refractivity contribution in [2.24, 2.45) is 11.7 Å². The lowest BCUT2D eigenvalue weighted by atomic mass is 10.1. The summed E-state index contributed by atoms with van der Waals surface area (Å²) in [5, 5.41) is 2.95. The molecule has 1 unspecified atom stereocenters. The van der Waals surface area contributed by atoms with Crippen LogP contribution in [0.2, 0.25) is 0 Å². The summed E-state index contributed by atoms with van der Waals surface area (Å²) in [6, 6.07) is 9.73. The summed E-state index contributed by atoms with van der Waals surface area (Å²) in [6.45, 7) is 6.90. The Labute approximate surface area is 137 Å². The third kappa shape index (κ3) is 5.21. The van der Waals surface area contributed by atoms with Gasteiger partial charge in [-0.2, -0.15) is 0 Å². The van der Waals surface area contributed by atoms with E-state index in [4.69, 9.17) is 5.73 Å². The standard InChI is InChI=1S/C18H26N4O/c1-13(2)14(3)21-18(23)17(19)9-16-11-22(12-20-16)10-15-7-5-4-6-8-15/h4-8,11-14,17H,9-10,19H2,1-3H3,(H,21,23)/t14?,17-/m0/s1. The fraction of sp³-hybridized carbons (Fsp3) is 0.444. The van der Waals surface area contributed by atoms with Gasteiger partial charge in [0.05, 0.1) is 18.1 Å². The lowest BCUT2D eigenvalue weighted by Gasteiger charge is -2.19. The molecule has 2 rings (SSSR count). The van der Waals surface area contributed by atoms with Crippen LogP contribution < -0.4 is 11.1 Å². The fourth-order valence-corrected chi connectivity index (χ4v) is 2.21. The first kappa shape index (κ1) is 17.2. The number of aromatic nitrogens is 2. The van der Waals surface area contributed by atoms with Crippen LogP contribution in [0.15, 0.2) is 42.9 Å². The number of nitrogens with zero attached hydrogens (tertiary/aromatic N) is 2. The van der Waals surface area contributed by atoms with Gasteiger partial charge < -0.3 is 15.6 Å². The first-order valence-corrected chi connectivity index (χ1v) is 8.06. The summed E-state index contributed by atoms with van der Waals surface area (Å²) in [5.74, 6) is 0.264. The van der Waals surface area contributed by atoms with Crippen molar-refractivity contribution >= 4 is 5.91 Å². The molecular weight excluding hydrogens is 288 g/mol. The zero-order valence-electron chi connectivity index (χ0n) is 14.1. The Morgan fingerprint density at radius 1 is 1.26 bits per heavy atom. The molecule has 0 radical (unpaired) electrons. The molecule has 1 amide bonds. The van der Waals surface area contributed by atoms with E-state index in [0.29, 0.717) is 12.3 Å². The molecule has 2 atom stereocenters. The van der Waals surface area contributed by atoms with Crippen LogP contribution in [0.25, 0.3) is 0 Å². The second-order valence-electron chi connectivity index (χ2n) is 6.37. The Bertz CT molecular complexity index is 621. The van der Waals surface area contributed by atoms with E-state index in [1.54, 1.807) is 6.33 Å². The van der Waals surface area contributed by atoms with Crippen LogP contribution in [0, 0.1) is 5.92 Å². The molecule has 1 heterocycles. The Balaban J connectivity index is 1.89. The Morgan fingerprint density at radius 2 is 1.96 bits per heavy atom. The van der Waals surface area contributed by atoms with Crippen LogP contribution in [0.1, 0.15) is 32.0 Å². The van der Waals surface area contributed by atoms with E-state index in [0.717, 1.165) is 12.2 Å². The maximum atomic E-state index is 12.1. The third-order valence-corrected chi connectivity index (χ3v) is 4.03. The predicted molar refractivity (Wildman–Crippen MR) is 91.9 cm³/mol. The molecule has 124 valence electrons. The van der Waals surface area contributed by atoms with Crippen molar-refractivity contribution < 1.29 is 4.79 Å². The lowest BCUT2D eigenvalue weighted by Crippen LogP contribution is -2.47. The highest BCUT2D eigenvalue weighted by Gasteiger charge is 2.18. The molecule has 23 heavy (non-hydrogen) atoms. The van der Waals surface area contributed by atoms with Crippen LogP contribution in [0.5, 0.6) is 0 Å². The first-order valence-electron chi connectivity index (χ1n) is 8.06. The highest BCUT2D eigenvalue weighted by Crippen LogP contribution is 2.06. The number of amides is 1. The average molecular weight is 314 g/mol. The summed E-state index contributed by atoms with van der Waals surface area (Å²) >= 11 is 0. The second-order valence-corrected chi connectivity index (χ2v) is 6.37. The number of hydrogen-bond acceptors (Lipinski definition) is 3. The highest BCUT2D eigenvalue weighted by atomic mass is 16.2. The minimum absolute atomic E-state index is 0.115. The van der Waals surface area contributed by atoms with Gasteiger partial charge in [-0.3, -0.25) is 4.79 Å². The number of benzene rings is 1. The minimum Gasteiger partial charge on any atom is -0.352 e. The third-order valence-electron chi connectivity index (χ3n) is 4.03. The molecule has 3 N–H and O–H groups in total. The second kappa shape index (κ2) is 7.92. The smallest absolute Gasteiger partial charge is 0.237 e. The van der Waals surface area contributed by atoms with Gasteiger partial charge in [0.15, 0.2) is 0 Å². The van der Waals surface area contributed by atoms with E-state index >= 15 is 0 Å². The maximum absolute atomic E-state index is 12.1. The summed E-state index contributed by atoms with van der Waals surface area (Å²) in [6.07, 6.45) is 4.17. The molecule has 0 aliphatic carbocycles. The molecule has 0 spiro atoms. The lowest BCUT2D eigenvalue weighted by molar-refractivity contribution is -0.123. The molecule has 0 saturated carbocycles. The number of rotatable bonds is 7. The zero-order valence-corrected chi connectivity index (χ0v) is 14.1. The molecule has 0 bridgehead atoms. The number of hydrogen-bond donors (Lipinski definition) is 2. The van der Waals surface area contributed by atoms with Crippen molar-refractivity contribution in [1.29, 1.82) is 0 Å². The van der Waals surface area contributed by atoms with Crippen molar-refractivity contribution in [3.63, 3.8) is 0 Å². The Hall–Kier alpha value is -2.14. The van der Waals surface area contributed by atoms with Gasteiger partial charge in [0.25, 0.3) is 0 Å². The van der Waals surface area contributed by atoms with E-state index in [2.05, 4.69) is 36.3 Å². The van der Waals surface area contributed by atoms with E-state index in [1.165, 1.54) is 5.56 Å². The van der Waals surface area contributed by atoms with Gasteiger partial charge in [0.1, 0.15) is 0 Å². The SMILES string of the molecule is CC(C)C(C)NC(=O)[C@@H](N)Cc1cn(Cc2ccccc2)cn1. The first-order chi connectivity index (χ1) is 11.0. The number of carbonyl (C=O) groups is 1. The summed E-state index contributed by atoms with van der Waals surface area (Å²) in [4.78, 5) is 16.4. The van der Waals surface area contributed by atoms with Crippen molar-refractivity contribution in [2.75, 3.05) is 0 Å². The van der Waals surface area contributed by atoms with E-state index in [-0.39, 0.29) is 11.9 Å². The van der Waals surface area contributed by atoms with Crippen LogP contribution in [0.4, 0.5) is 0 Å². The van der Waals surface area contributed by atoms with Gasteiger partial charge in [0, 0.05) is 25.2 Å². The summed E-state index contributed by atoms with van der Waals surface area (Å²) in [7, 11) is 0. The molecule has 0 aliphatic rings. The number of nitrogens with two attached hydrogens (primary N) is 1. The van der Waals surface area contributed by atoms with Gasteiger partial charge >= 0.3 is 0 Å². The zero-order chi connectivity index (χ0) is 16.8. The Kier molecular flexibility index (Phi) is 5.93. The molecule has 0 saturated heterocycles. The topological polar surface area (TPSA) is 72.9 Å². The van der Waals surface area contributed by atoms with Crippen LogP contribution in [-0.4, -0.2) is 27.5 Å². The van der Waals surface area contributed by atoms with Gasteiger partial charge in [-0.25, -0.2) is 4.98 Å². The van der Waals surface area contributed by atoms with Crippen molar-refractivity contribution in [3.8, 4) is 0 Å². The molecule has 0 fully saturated rings. The maximum Gasteiger partial charge on any atom is 0.237 e. The minimum atomic E-state index is -0.573. The molecule has 5 nitrogen and oxygen atoms in total. The molecule has 1 aromatic heterocycles. The van der Waals surface area contributed by atoms with Crippen molar-refractivity contribution in [3.05, 3.63) is 54.1 Å². The highest BCUT2D eigenvalue weighted by molar-refractivity contribution is 5.82. The predicted octanol–water partition coefficient (Wildman–Crippen LogP) is 1.96. The summed E-state index contributed by atoms with van der Waals surface area (Å²) < 4.78 is 2.01. The number of nitrogens with one attached hydrogen (secondary N) is 1. The Morgan fingerprint density at radius 3 is 2.61 bits per heavy atom. The van der Waals surface area contributed by atoms with E-state index < -0.39 is 6.04 Å². The fourth-order valence-electron chi connectivity index (χ4n) is 2.21. The van der Waals surface area contributed by atoms with Gasteiger partial charge in [-0.1, -0.05) is 44.2 Å². The summed E-state index contributed by atoms with van der Waals surface area (Å²) in [5.41, 5.74) is 8.04. The largest absolute Gasteiger partial charge is 0.352 e. The van der Waals surface area contributed by atoms with Gasteiger partial charge in [-0.05, 0) is 18.4 Å². The quantitative estimate of drug-likeness (QED) is 0.820. The average Bonchev–Trinajstić information content (AvgIpc) is 2.95. The van der Waals surface area contributed by atoms with E-state index in [9.17, 15) is 4.79 Å². The van der Waals surface area contributed by atoms with Gasteiger partial charge in [-0.15, -0.1) is 0 Å². The number of carbonyl (C=O) groups excluding carboxylic acids is 1. The monoisotopic (exact) mass is 314 g/mol.